The first kappa shape index (κ1) is 11.6. The molecule has 80 valence electrons. The highest BCUT2D eigenvalue weighted by molar-refractivity contribution is 5.25. The summed E-state index contributed by atoms with van der Waals surface area (Å²) >= 11 is 0. The van der Waals surface area contributed by atoms with Crippen molar-refractivity contribution in [3.05, 3.63) is 35.4 Å². The van der Waals surface area contributed by atoms with Crippen LogP contribution in [0.4, 0.5) is 13.2 Å². The molecule has 0 aliphatic rings. The predicted molar refractivity (Wildman–Crippen MR) is 50.0 cm³/mol. The van der Waals surface area contributed by atoms with Gasteiger partial charge in [0.05, 0.1) is 11.6 Å². The third-order valence-electron chi connectivity index (χ3n) is 2.01. The van der Waals surface area contributed by atoms with Gasteiger partial charge in [-0.25, -0.2) is 0 Å². The molecule has 15 heavy (non-hydrogen) atoms. The van der Waals surface area contributed by atoms with Crippen LogP contribution in [0.2, 0.25) is 0 Å². The minimum atomic E-state index is -4.29. The first-order valence-electron chi connectivity index (χ1n) is 4.57. The zero-order valence-electron chi connectivity index (χ0n) is 8.01. The number of halogens is 3. The SMILES string of the molecule is N#CCCCc1cccc(C(F)(F)F)c1. The summed E-state index contributed by atoms with van der Waals surface area (Å²) in [5, 5.41) is 8.30. The predicted octanol–water partition coefficient (Wildman–Crippen LogP) is 3.55. The molecule has 0 saturated carbocycles. The van der Waals surface area contributed by atoms with Gasteiger partial charge >= 0.3 is 6.18 Å². The van der Waals surface area contributed by atoms with Crippen molar-refractivity contribution < 1.29 is 13.2 Å². The van der Waals surface area contributed by atoms with Crippen LogP contribution in [-0.4, -0.2) is 0 Å². The highest BCUT2D eigenvalue weighted by atomic mass is 19.4. The maximum absolute atomic E-state index is 12.3. The maximum Gasteiger partial charge on any atom is 0.416 e. The molecule has 1 aromatic rings. The molecule has 0 fully saturated rings. The number of nitriles is 1. The first-order valence-corrected chi connectivity index (χ1v) is 4.57. The van der Waals surface area contributed by atoms with Gasteiger partial charge in [0.25, 0.3) is 0 Å². The summed E-state index contributed by atoms with van der Waals surface area (Å²) in [7, 11) is 0. The zero-order valence-corrected chi connectivity index (χ0v) is 8.01. The smallest absolute Gasteiger partial charge is 0.198 e. The van der Waals surface area contributed by atoms with Gasteiger partial charge in [-0.1, -0.05) is 18.2 Å². The quantitative estimate of drug-likeness (QED) is 0.704. The molecule has 0 unspecified atom stereocenters. The number of nitrogens with zero attached hydrogens (tertiary/aromatic N) is 1. The fourth-order valence-corrected chi connectivity index (χ4v) is 1.27. The van der Waals surface area contributed by atoms with Crippen molar-refractivity contribution in [2.45, 2.75) is 25.4 Å². The lowest BCUT2D eigenvalue weighted by Gasteiger charge is -2.07. The van der Waals surface area contributed by atoms with Crippen LogP contribution in [0.25, 0.3) is 0 Å². The fourth-order valence-electron chi connectivity index (χ4n) is 1.27. The van der Waals surface area contributed by atoms with Gasteiger partial charge < -0.3 is 0 Å². The lowest BCUT2D eigenvalue weighted by Crippen LogP contribution is -2.05. The molecule has 1 nitrogen and oxygen atoms in total. The van der Waals surface area contributed by atoms with Crippen molar-refractivity contribution >= 4 is 0 Å². The molecule has 0 aliphatic carbocycles. The molecule has 4 heteroatoms. The van der Waals surface area contributed by atoms with Crippen molar-refractivity contribution in [1.29, 1.82) is 5.26 Å². The molecule has 0 atom stereocenters. The summed E-state index contributed by atoms with van der Waals surface area (Å²) in [5.74, 6) is 0. The van der Waals surface area contributed by atoms with E-state index in [0.717, 1.165) is 12.1 Å². The van der Waals surface area contributed by atoms with Gasteiger partial charge in [0.2, 0.25) is 0 Å². The molecule has 1 aromatic carbocycles. The molecule has 0 saturated heterocycles. The average molecular weight is 213 g/mol. The summed E-state index contributed by atoms with van der Waals surface area (Å²) in [6, 6.07) is 7.19. The van der Waals surface area contributed by atoms with E-state index in [9.17, 15) is 13.2 Å². The second kappa shape index (κ2) is 4.83. The summed E-state index contributed by atoms with van der Waals surface area (Å²) in [5.41, 5.74) is -0.00275. The molecule has 0 amide bonds. The van der Waals surface area contributed by atoms with Gasteiger partial charge in [0, 0.05) is 6.42 Å². The van der Waals surface area contributed by atoms with Crippen molar-refractivity contribution in [2.75, 3.05) is 0 Å². The Morgan fingerprint density at radius 1 is 1.27 bits per heavy atom. The van der Waals surface area contributed by atoms with E-state index < -0.39 is 11.7 Å². The van der Waals surface area contributed by atoms with E-state index in [-0.39, 0.29) is 0 Å². The van der Waals surface area contributed by atoms with Gasteiger partial charge in [-0.05, 0) is 24.5 Å². The number of rotatable bonds is 3. The standard InChI is InChI=1S/C11H10F3N/c12-11(13,14)10-6-3-5-9(8-10)4-1-2-7-15/h3,5-6,8H,1-2,4H2. The summed E-state index contributed by atoms with van der Waals surface area (Å²) in [6.45, 7) is 0. The van der Waals surface area contributed by atoms with Gasteiger partial charge in [0.15, 0.2) is 0 Å². The van der Waals surface area contributed by atoms with E-state index in [2.05, 4.69) is 0 Å². The van der Waals surface area contributed by atoms with Gasteiger partial charge in [-0.2, -0.15) is 18.4 Å². The van der Waals surface area contributed by atoms with Gasteiger partial charge in [-0.3, -0.25) is 0 Å². The molecule has 0 heterocycles. The van der Waals surface area contributed by atoms with Crippen LogP contribution >= 0.6 is 0 Å². The van der Waals surface area contributed by atoms with Crippen molar-refractivity contribution in [2.24, 2.45) is 0 Å². The van der Waals surface area contributed by atoms with E-state index in [1.807, 2.05) is 6.07 Å². The molecule has 1 rings (SSSR count). The highest BCUT2D eigenvalue weighted by Crippen LogP contribution is 2.29. The van der Waals surface area contributed by atoms with E-state index in [1.165, 1.54) is 6.07 Å². The fraction of sp³-hybridized carbons (Fsp3) is 0.364. The van der Waals surface area contributed by atoms with E-state index in [0.29, 0.717) is 24.8 Å². The Labute approximate surface area is 86.1 Å². The molecular weight excluding hydrogens is 203 g/mol. The lowest BCUT2D eigenvalue weighted by molar-refractivity contribution is -0.137. The summed E-state index contributed by atoms with van der Waals surface area (Å²) in [6.07, 6.45) is -2.81. The number of unbranched alkanes of at least 4 members (excludes halogenated alkanes) is 1. The summed E-state index contributed by atoms with van der Waals surface area (Å²) < 4.78 is 36.9. The monoisotopic (exact) mass is 213 g/mol. The van der Waals surface area contributed by atoms with Crippen molar-refractivity contribution in [3.8, 4) is 6.07 Å². The van der Waals surface area contributed by atoms with Crippen LogP contribution in [0.15, 0.2) is 24.3 Å². The van der Waals surface area contributed by atoms with Gasteiger partial charge in [-0.15, -0.1) is 0 Å². The number of benzene rings is 1. The Bertz CT molecular complexity index is 363. The Kier molecular flexibility index (Phi) is 3.73. The topological polar surface area (TPSA) is 23.8 Å². The Balaban J connectivity index is 2.71. The van der Waals surface area contributed by atoms with E-state index in [4.69, 9.17) is 5.26 Å². The second-order valence-corrected chi connectivity index (χ2v) is 3.21. The number of aryl methyl sites for hydroxylation is 1. The largest absolute Gasteiger partial charge is 0.416 e. The lowest BCUT2D eigenvalue weighted by atomic mass is 10.1. The Morgan fingerprint density at radius 2 is 2.00 bits per heavy atom. The number of hydrogen-bond donors (Lipinski definition) is 0. The zero-order chi connectivity index (χ0) is 11.3. The van der Waals surface area contributed by atoms with Crippen LogP contribution in [0.5, 0.6) is 0 Å². The van der Waals surface area contributed by atoms with E-state index in [1.54, 1.807) is 6.07 Å². The molecule has 0 radical (unpaired) electrons. The third kappa shape index (κ3) is 3.62. The normalized spacial score (nSPS) is 11.1. The van der Waals surface area contributed by atoms with Crippen LogP contribution in [0.3, 0.4) is 0 Å². The molecular formula is C11H10F3N. The van der Waals surface area contributed by atoms with E-state index >= 15 is 0 Å². The Morgan fingerprint density at radius 3 is 2.60 bits per heavy atom. The molecule has 0 N–H and O–H groups in total. The van der Waals surface area contributed by atoms with Crippen molar-refractivity contribution in [1.82, 2.24) is 0 Å². The average Bonchev–Trinajstić information content (AvgIpc) is 2.17. The Hall–Kier alpha value is -1.50. The maximum atomic E-state index is 12.3. The molecule has 0 spiro atoms. The second-order valence-electron chi connectivity index (χ2n) is 3.21. The van der Waals surface area contributed by atoms with Crippen LogP contribution in [-0.2, 0) is 12.6 Å². The van der Waals surface area contributed by atoms with Crippen LogP contribution in [0.1, 0.15) is 24.0 Å². The minimum absolute atomic E-state index is 0.371. The van der Waals surface area contributed by atoms with Crippen LogP contribution < -0.4 is 0 Å². The molecule has 0 aromatic heterocycles. The number of alkyl halides is 3. The summed E-state index contributed by atoms with van der Waals surface area (Å²) in [4.78, 5) is 0. The number of hydrogen-bond acceptors (Lipinski definition) is 1. The minimum Gasteiger partial charge on any atom is -0.198 e. The first-order chi connectivity index (χ1) is 7.04. The molecule has 0 bridgehead atoms. The molecule has 0 aliphatic heterocycles. The van der Waals surface area contributed by atoms with Gasteiger partial charge in [0.1, 0.15) is 0 Å². The van der Waals surface area contributed by atoms with Crippen molar-refractivity contribution in [3.63, 3.8) is 0 Å². The third-order valence-corrected chi connectivity index (χ3v) is 2.01. The highest BCUT2D eigenvalue weighted by Gasteiger charge is 2.30. The van der Waals surface area contributed by atoms with Crippen LogP contribution in [0, 0.1) is 11.3 Å².